The van der Waals surface area contributed by atoms with E-state index < -0.39 is 17.8 Å². The Morgan fingerprint density at radius 1 is 0.897 bits per heavy atom. The summed E-state index contributed by atoms with van der Waals surface area (Å²) in [6.45, 7) is 2.56. The predicted molar refractivity (Wildman–Crippen MR) is 114 cm³/mol. The highest BCUT2D eigenvalue weighted by Crippen LogP contribution is 2.26. The van der Waals surface area contributed by atoms with E-state index in [0.29, 0.717) is 16.6 Å². The highest BCUT2D eigenvalue weighted by molar-refractivity contribution is 9.10. The molecule has 0 bridgehead atoms. The fourth-order valence-electron chi connectivity index (χ4n) is 2.80. The largest absolute Gasteiger partial charge is 0.462 e. The van der Waals surface area contributed by atoms with Crippen molar-refractivity contribution in [2.24, 2.45) is 0 Å². The van der Waals surface area contributed by atoms with Gasteiger partial charge in [-0.25, -0.2) is 14.0 Å². The molecule has 0 saturated heterocycles. The molecule has 6 heteroatoms. The van der Waals surface area contributed by atoms with E-state index in [9.17, 15) is 14.0 Å². The van der Waals surface area contributed by atoms with Crippen LogP contribution in [0.4, 0.5) is 4.39 Å². The first kappa shape index (κ1) is 23.1. The number of ether oxygens (including phenoxy) is 2. The van der Waals surface area contributed by atoms with Crippen molar-refractivity contribution in [3.8, 4) is 5.75 Å². The highest BCUT2D eigenvalue weighted by Gasteiger charge is 2.15. The predicted octanol–water partition coefficient (Wildman–Crippen LogP) is 6.71. The third-order valence-electron chi connectivity index (χ3n) is 4.41. The Kier molecular flexibility index (Phi) is 9.84. The summed E-state index contributed by atoms with van der Waals surface area (Å²) < 4.78 is 24.0. The van der Waals surface area contributed by atoms with Gasteiger partial charge >= 0.3 is 11.9 Å². The smallest absolute Gasteiger partial charge is 0.343 e. The summed E-state index contributed by atoms with van der Waals surface area (Å²) >= 11 is 3.15. The lowest BCUT2D eigenvalue weighted by Gasteiger charge is -2.08. The normalized spacial score (nSPS) is 10.6. The van der Waals surface area contributed by atoms with Crippen LogP contribution in [-0.4, -0.2) is 18.5 Å². The summed E-state index contributed by atoms with van der Waals surface area (Å²) in [6, 6.07) is 9.95. The van der Waals surface area contributed by atoms with Gasteiger partial charge in [-0.15, -0.1) is 0 Å². The fraction of sp³-hybridized carbons (Fsp3) is 0.391. The first-order valence-electron chi connectivity index (χ1n) is 9.95. The average Bonchev–Trinajstić information content (AvgIpc) is 2.72. The minimum atomic E-state index is -0.640. The molecule has 0 spiro atoms. The number of benzene rings is 2. The van der Waals surface area contributed by atoms with Crippen LogP contribution in [0.2, 0.25) is 0 Å². The van der Waals surface area contributed by atoms with E-state index in [-0.39, 0.29) is 11.3 Å². The molecule has 0 fully saturated rings. The molecule has 0 amide bonds. The van der Waals surface area contributed by atoms with Crippen LogP contribution in [-0.2, 0) is 4.74 Å². The fourth-order valence-corrected chi connectivity index (χ4v) is 3.23. The van der Waals surface area contributed by atoms with Gasteiger partial charge in [0.25, 0.3) is 0 Å². The standard InChI is InChI=1S/C23H26BrFO4/c1-2-3-4-5-6-7-8-14-28-22(26)17-10-9-11-18(15-17)23(27)29-21-13-12-19(25)16-20(21)24/h9-13,15-16H,2-8,14H2,1H3. The maximum Gasteiger partial charge on any atom is 0.343 e. The Hall–Kier alpha value is -2.21. The summed E-state index contributed by atoms with van der Waals surface area (Å²) in [7, 11) is 0. The molecular formula is C23H26BrFO4. The van der Waals surface area contributed by atoms with Gasteiger partial charge in [0.1, 0.15) is 11.6 Å². The first-order chi connectivity index (χ1) is 14.0. The van der Waals surface area contributed by atoms with Crippen LogP contribution in [0.15, 0.2) is 46.9 Å². The van der Waals surface area contributed by atoms with Gasteiger partial charge in [0.2, 0.25) is 0 Å². The Morgan fingerprint density at radius 3 is 2.24 bits per heavy atom. The van der Waals surface area contributed by atoms with E-state index in [1.807, 2.05) is 0 Å². The van der Waals surface area contributed by atoms with Crippen molar-refractivity contribution >= 4 is 27.9 Å². The van der Waals surface area contributed by atoms with E-state index in [1.165, 1.54) is 49.9 Å². The maximum absolute atomic E-state index is 13.1. The van der Waals surface area contributed by atoms with Gasteiger partial charge in [-0.3, -0.25) is 0 Å². The molecule has 0 saturated carbocycles. The van der Waals surface area contributed by atoms with Crippen LogP contribution in [0.1, 0.15) is 72.6 Å². The molecule has 2 aromatic rings. The van der Waals surface area contributed by atoms with E-state index in [0.717, 1.165) is 19.3 Å². The molecule has 2 rings (SSSR count). The molecule has 156 valence electrons. The van der Waals surface area contributed by atoms with Crippen LogP contribution < -0.4 is 4.74 Å². The third-order valence-corrected chi connectivity index (χ3v) is 5.03. The first-order valence-corrected chi connectivity index (χ1v) is 10.7. The van der Waals surface area contributed by atoms with Crippen molar-refractivity contribution in [3.05, 3.63) is 63.9 Å². The monoisotopic (exact) mass is 464 g/mol. The summed E-state index contributed by atoms with van der Waals surface area (Å²) in [6.07, 6.45) is 7.99. The summed E-state index contributed by atoms with van der Waals surface area (Å²) in [5.41, 5.74) is 0.507. The minimum Gasteiger partial charge on any atom is -0.462 e. The average molecular weight is 465 g/mol. The van der Waals surface area contributed by atoms with Gasteiger partial charge in [0.15, 0.2) is 0 Å². The third kappa shape index (κ3) is 7.97. The van der Waals surface area contributed by atoms with Crippen LogP contribution in [0.5, 0.6) is 5.75 Å². The topological polar surface area (TPSA) is 52.6 Å². The van der Waals surface area contributed by atoms with Gasteiger partial charge in [-0.1, -0.05) is 51.5 Å². The molecular weight excluding hydrogens is 439 g/mol. The molecule has 0 aliphatic heterocycles. The van der Waals surface area contributed by atoms with Crippen LogP contribution in [0.3, 0.4) is 0 Å². The van der Waals surface area contributed by atoms with E-state index in [2.05, 4.69) is 22.9 Å². The second-order valence-electron chi connectivity index (χ2n) is 6.80. The zero-order valence-electron chi connectivity index (χ0n) is 16.6. The van der Waals surface area contributed by atoms with Crippen molar-refractivity contribution < 1.29 is 23.5 Å². The minimum absolute atomic E-state index is 0.198. The molecule has 0 aliphatic carbocycles. The molecule has 0 radical (unpaired) electrons. The van der Waals surface area contributed by atoms with Crippen molar-refractivity contribution in [1.29, 1.82) is 0 Å². The van der Waals surface area contributed by atoms with Gasteiger partial charge < -0.3 is 9.47 Å². The van der Waals surface area contributed by atoms with E-state index >= 15 is 0 Å². The van der Waals surface area contributed by atoms with E-state index in [1.54, 1.807) is 18.2 Å². The highest BCUT2D eigenvalue weighted by atomic mass is 79.9. The molecule has 0 heterocycles. The number of carbonyl (C=O) groups excluding carboxylic acids is 2. The molecule has 29 heavy (non-hydrogen) atoms. The van der Waals surface area contributed by atoms with Gasteiger partial charge in [-0.2, -0.15) is 0 Å². The molecule has 0 unspecified atom stereocenters. The zero-order chi connectivity index (χ0) is 21.1. The van der Waals surface area contributed by atoms with Crippen LogP contribution in [0.25, 0.3) is 0 Å². The number of unbranched alkanes of at least 4 members (excludes halogenated alkanes) is 6. The van der Waals surface area contributed by atoms with Crippen LogP contribution in [0, 0.1) is 5.82 Å². The molecule has 0 N–H and O–H groups in total. The lowest BCUT2D eigenvalue weighted by Crippen LogP contribution is -2.12. The molecule has 4 nitrogen and oxygen atoms in total. The van der Waals surface area contributed by atoms with Gasteiger partial charge in [0.05, 0.1) is 22.2 Å². The number of rotatable bonds is 11. The lowest BCUT2D eigenvalue weighted by atomic mass is 10.1. The van der Waals surface area contributed by atoms with Crippen LogP contribution >= 0.6 is 15.9 Å². The second kappa shape index (κ2) is 12.4. The maximum atomic E-state index is 13.1. The Balaban J connectivity index is 1.83. The number of halogens is 2. The Bertz CT molecular complexity index is 822. The lowest BCUT2D eigenvalue weighted by molar-refractivity contribution is 0.0497. The number of hydrogen-bond donors (Lipinski definition) is 0. The van der Waals surface area contributed by atoms with Gasteiger partial charge in [-0.05, 0) is 58.7 Å². The molecule has 2 aromatic carbocycles. The van der Waals surface area contributed by atoms with Crippen molar-refractivity contribution in [3.63, 3.8) is 0 Å². The number of esters is 2. The van der Waals surface area contributed by atoms with Crippen molar-refractivity contribution in [2.45, 2.75) is 51.9 Å². The molecule has 0 aliphatic rings. The van der Waals surface area contributed by atoms with E-state index in [4.69, 9.17) is 9.47 Å². The molecule has 0 aromatic heterocycles. The van der Waals surface area contributed by atoms with Crippen molar-refractivity contribution in [1.82, 2.24) is 0 Å². The SMILES string of the molecule is CCCCCCCCCOC(=O)c1cccc(C(=O)Oc2ccc(F)cc2Br)c1. The number of hydrogen-bond acceptors (Lipinski definition) is 4. The second-order valence-corrected chi connectivity index (χ2v) is 7.66. The zero-order valence-corrected chi connectivity index (χ0v) is 18.2. The van der Waals surface area contributed by atoms with Crippen molar-refractivity contribution in [2.75, 3.05) is 6.61 Å². The number of carbonyl (C=O) groups is 2. The van der Waals surface area contributed by atoms with Gasteiger partial charge in [0, 0.05) is 0 Å². The Morgan fingerprint density at radius 2 is 1.55 bits per heavy atom. The summed E-state index contributed by atoms with van der Waals surface area (Å²) in [5.74, 6) is -1.35. The quantitative estimate of drug-likeness (QED) is 0.210. The summed E-state index contributed by atoms with van der Waals surface area (Å²) in [5, 5.41) is 0. The Labute approximate surface area is 179 Å². The molecule has 0 atom stereocenters. The summed E-state index contributed by atoms with van der Waals surface area (Å²) in [4.78, 5) is 24.6.